The molecule has 0 aromatic carbocycles. The lowest BCUT2D eigenvalue weighted by Gasteiger charge is -2.03. The lowest BCUT2D eigenvalue weighted by atomic mass is 10.0. The van der Waals surface area contributed by atoms with E-state index in [4.69, 9.17) is 0 Å². The van der Waals surface area contributed by atoms with E-state index in [1.54, 1.807) is 0 Å². The number of hydrogen-bond donors (Lipinski definition) is 0. The van der Waals surface area contributed by atoms with Gasteiger partial charge in [0.2, 0.25) is 0 Å². The number of allylic oxidation sites excluding steroid dienone is 2. The van der Waals surface area contributed by atoms with E-state index in [1.165, 1.54) is 109 Å². The van der Waals surface area contributed by atoms with Gasteiger partial charge in [0, 0.05) is 0 Å². The Kier molecular flexibility index (Phi) is 22.5. The molecule has 0 fully saturated rings. The van der Waals surface area contributed by atoms with E-state index in [2.05, 4.69) is 26.0 Å². The van der Waals surface area contributed by atoms with Gasteiger partial charge < -0.3 is 0 Å². The maximum Gasteiger partial charge on any atom is -0.0351 e. The molecule has 0 atom stereocenters. The molecule has 0 amide bonds. The molecule has 0 aromatic rings. The Labute approximate surface area is 154 Å². The third-order valence-electron chi connectivity index (χ3n) is 4.91. The SMILES string of the molecule is [CH2]CCC=CCCCCCCCCCCCCCCCCCC[CH2]. The second-order valence-electron chi connectivity index (χ2n) is 7.41. The van der Waals surface area contributed by atoms with Crippen LogP contribution < -0.4 is 0 Å². The smallest absolute Gasteiger partial charge is 0.0351 e. The fourth-order valence-corrected chi connectivity index (χ4v) is 3.27. The van der Waals surface area contributed by atoms with Gasteiger partial charge in [-0.05, 0) is 25.7 Å². The summed E-state index contributed by atoms with van der Waals surface area (Å²) in [6.45, 7) is 7.75. The largest absolute Gasteiger partial charge is 0.0885 e. The molecular weight excluding hydrogens is 288 g/mol. The van der Waals surface area contributed by atoms with Crippen molar-refractivity contribution >= 4 is 0 Å². The average molecular weight is 335 g/mol. The van der Waals surface area contributed by atoms with Gasteiger partial charge in [-0.25, -0.2) is 0 Å². The van der Waals surface area contributed by atoms with E-state index in [-0.39, 0.29) is 0 Å². The zero-order valence-electron chi connectivity index (χ0n) is 16.7. The second kappa shape index (κ2) is 22.7. The summed E-state index contributed by atoms with van der Waals surface area (Å²) in [6.07, 6.45) is 32.2. The van der Waals surface area contributed by atoms with Crippen molar-refractivity contribution in [1.29, 1.82) is 0 Å². The summed E-state index contributed by atoms with van der Waals surface area (Å²) in [6, 6.07) is 0. The first-order valence-electron chi connectivity index (χ1n) is 11.1. The molecule has 2 radical (unpaired) electrons. The van der Waals surface area contributed by atoms with Crippen LogP contribution in [-0.2, 0) is 0 Å². The summed E-state index contributed by atoms with van der Waals surface area (Å²) in [4.78, 5) is 0. The average Bonchev–Trinajstić information content (AvgIpc) is 2.60. The highest BCUT2D eigenvalue weighted by Gasteiger charge is 1.94. The first-order chi connectivity index (χ1) is 11.9. The summed E-state index contributed by atoms with van der Waals surface area (Å²) in [5, 5.41) is 0. The van der Waals surface area contributed by atoms with E-state index in [0.29, 0.717) is 0 Å². The first kappa shape index (κ1) is 23.7. The third kappa shape index (κ3) is 21.7. The van der Waals surface area contributed by atoms with Crippen molar-refractivity contribution in [3.63, 3.8) is 0 Å². The van der Waals surface area contributed by atoms with Crippen LogP contribution in [0.25, 0.3) is 0 Å². The molecule has 0 N–H and O–H groups in total. The maximum atomic E-state index is 3.90. The molecule has 142 valence electrons. The topological polar surface area (TPSA) is 0 Å². The molecule has 0 bridgehead atoms. The normalized spacial score (nSPS) is 11.6. The fraction of sp³-hybridized carbons (Fsp3) is 0.833. The van der Waals surface area contributed by atoms with Gasteiger partial charge in [0.05, 0.1) is 0 Å². The summed E-state index contributed by atoms with van der Waals surface area (Å²) < 4.78 is 0. The standard InChI is InChI=1S/C24H46/c1-3-5-7-9-11-13-15-17-19-21-23-24-22-20-18-16-14-12-10-8-6-4-2/h7,9H,1-6,8,10-24H2. The van der Waals surface area contributed by atoms with E-state index in [0.717, 1.165) is 19.3 Å². The van der Waals surface area contributed by atoms with Crippen molar-refractivity contribution in [2.24, 2.45) is 0 Å². The van der Waals surface area contributed by atoms with Gasteiger partial charge in [-0.2, -0.15) is 0 Å². The van der Waals surface area contributed by atoms with Crippen molar-refractivity contribution < 1.29 is 0 Å². The highest BCUT2D eigenvalue weighted by molar-refractivity contribution is 4.81. The third-order valence-corrected chi connectivity index (χ3v) is 4.91. The van der Waals surface area contributed by atoms with Crippen molar-refractivity contribution in [2.45, 2.75) is 128 Å². The zero-order chi connectivity index (χ0) is 17.6. The lowest BCUT2D eigenvalue weighted by molar-refractivity contribution is 0.528. The Balaban J connectivity index is 2.98. The molecule has 0 nitrogen and oxygen atoms in total. The van der Waals surface area contributed by atoms with Crippen LogP contribution in [0.2, 0.25) is 0 Å². The Morgan fingerprint density at radius 1 is 0.333 bits per heavy atom. The predicted molar refractivity (Wildman–Crippen MR) is 112 cm³/mol. The van der Waals surface area contributed by atoms with Gasteiger partial charge in [0.1, 0.15) is 0 Å². The van der Waals surface area contributed by atoms with E-state index < -0.39 is 0 Å². The van der Waals surface area contributed by atoms with Crippen LogP contribution in [0.15, 0.2) is 12.2 Å². The molecule has 0 unspecified atom stereocenters. The van der Waals surface area contributed by atoms with Crippen LogP contribution in [-0.4, -0.2) is 0 Å². The quantitative estimate of drug-likeness (QED) is 0.154. The fourth-order valence-electron chi connectivity index (χ4n) is 3.27. The van der Waals surface area contributed by atoms with Crippen LogP contribution in [0.3, 0.4) is 0 Å². The van der Waals surface area contributed by atoms with Gasteiger partial charge in [-0.15, -0.1) is 0 Å². The number of hydrogen-bond acceptors (Lipinski definition) is 0. The molecule has 0 saturated carbocycles. The van der Waals surface area contributed by atoms with E-state index in [9.17, 15) is 0 Å². The highest BCUT2D eigenvalue weighted by atomic mass is 14.0. The molecule has 24 heavy (non-hydrogen) atoms. The Morgan fingerprint density at radius 2 is 0.667 bits per heavy atom. The Morgan fingerprint density at radius 3 is 1.04 bits per heavy atom. The van der Waals surface area contributed by atoms with Crippen molar-refractivity contribution in [1.82, 2.24) is 0 Å². The van der Waals surface area contributed by atoms with Crippen LogP contribution in [0.4, 0.5) is 0 Å². The van der Waals surface area contributed by atoms with E-state index in [1.807, 2.05) is 0 Å². The van der Waals surface area contributed by atoms with Crippen LogP contribution in [0.1, 0.15) is 128 Å². The Bertz CT molecular complexity index is 228. The molecule has 0 aliphatic heterocycles. The van der Waals surface area contributed by atoms with Gasteiger partial charge in [0.15, 0.2) is 0 Å². The van der Waals surface area contributed by atoms with Gasteiger partial charge in [-0.1, -0.05) is 129 Å². The molecule has 0 spiro atoms. The molecule has 0 aromatic heterocycles. The molecule has 0 heterocycles. The van der Waals surface area contributed by atoms with Crippen LogP contribution in [0, 0.1) is 13.8 Å². The van der Waals surface area contributed by atoms with E-state index >= 15 is 0 Å². The second-order valence-corrected chi connectivity index (χ2v) is 7.41. The summed E-state index contributed by atoms with van der Waals surface area (Å²) in [5.74, 6) is 0. The minimum Gasteiger partial charge on any atom is -0.0885 e. The molecule has 0 saturated heterocycles. The number of rotatable bonds is 20. The molecule has 0 heteroatoms. The van der Waals surface area contributed by atoms with Gasteiger partial charge in [0.25, 0.3) is 0 Å². The molecule has 0 rings (SSSR count). The number of unbranched alkanes of at least 4 members (excludes halogenated alkanes) is 18. The first-order valence-corrected chi connectivity index (χ1v) is 11.1. The van der Waals surface area contributed by atoms with Gasteiger partial charge >= 0.3 is 0 Å². The van der Waals surface area contributed by atoms with Crippen molar-refractivity contribution in [3.8, 4) is 0 Å². The minimum atomic E-state index is 1.04. The van der Waals surface area contributed by atoms with Crippen molar-refractivity contribution in [3.05, 3.63) is 26.0 Å². The summed E-state index contributed by atoms with van der Waals surface area (Å²) >= 11 is 0. The van der Waals surface area contributed by atoms with Crippen LogP contribution in [0.5, 0.6) is 0 Å². The Hall–Kier alpha value is -0.260. The van der Waals surface area contributed by atoms with Gasteiger partial charge in [-0.3, -0.25) is 0 Å². The molecule has 0 aliphatic carbocycles. The monoisotopic (exact) mass is 334 g/mol. The maximum absolute atomic E-state index is 3.90. The van der Waals surface area contributed by atoms with Crippen molar-refractivity contribution in [2.75, 3.05) is 0 Å². The summed E-state index contributed by atoms with van der Waals surface area (Å²) in [5.41, 5.74) is 0. The van der Waals surface area contributed by atoms with Crippen LogP contribution >= 0.6 is 0 Å². The zero-order valence-corrected chi connectivity index (χ0v) is 16.7. The molecule has 0 aliphatic rings. The predicted octanol–water partition coefficient (Wildman–Crippen LogP) is 9.01. The minimum absolute atomic E-state index is 1.04. The lowest BCUT2D eigenvalue weighted by Crippen LogP contribution is -1.83. The summed E-state index contributed by atoms with van der Waals surface area (Å²) in [7, 11) is 0. The molecular formula is C24H46. The highest BCUT2D eigenvalue weighted by Crippen LogP contribution is 2.14.